The topological polar surface area (TPSA) is 92.3 Å². The molecule has 42 heavy (non-hydrogen) atoms. The lowest BCUT2D eigenvalue weighted by Crippen LogP contribution is -2.45. The van der Waals surface area contributed by atoms with Crippen molar-refractivity contribution in [3.63, 3.8) is 0 Å². The van der Waals surface area contributed by atoms with Crippen LogP contribution in [0.5, 0.6) is 11.5 Å². The van der Waals surface area contributed by atoms with Crippen LogP contribution in [-0.4, -0.2) is 50.4 Å². The Morgan fingerprint density at radius 2 is 1.52 bits per heavy atom. The molecule has 0 spiro atoms. The molecule has 1 aliphatic rings. The normalized spacial score (nSPS) is 14.8. The van der Waals surface area contributed by atoms with Crippen LogP contribution in [-0.2, 0) is 32.2 Å². The summed E-state index contributed by atoms with van der Waals surface area (Å²) in [5.41, 5.74) is 2.81. The minimum Gasteiger partial charge on any atom is -0.485 e. The summed E-state index contributed by atoms with van der Waals surface area (Å²) in [6, 6.07) is 23.2. The van der Waals surface area contributed by atoms with E-state index in [2.05, 4.69) is 5.32 Å². The van der Waals surface area contributed by atoms with Gasteiger partial charge in [0.05, 0.1) is 24.7 Å². The number of rotatable bonds is 15. The Morgan fingerprint density at radius 1 is 0.905 bits per heavy atom. The van der Waals surface area contributed by atoms with Gasteiger partial charge in [0, 0.05) is 12.1 Å². The van der Waals surface area contributed by atoms with Crippen LogP contribution in [0.3, 0.4) is 0 Å². The lowest BCUT2D eigenvalue weighted by Gasteiger charge is -2.26. The van der Waals surface area contributed by atoms with Crippen LogP contribution in [0, 0.1) is 12.8 Å². The molecule has 0 bridgehead atoms. The molecular weight excluding hydrogens is 534 g/mol. The van der Waals surface area contributed by atoms with Crippen molar-refractivity contribution in [1.29, 1.82) is 0 Å². The number of esters is 2. The number of carbonyl (C=O) groups excluding carboxylic acids is 2. The van der Waals surface area contributed by atoms with E-state index in [4.69, 9.17) is 23.7 Å². The number of carbonyl (C=O) groups is 2. The summed E-state index contributed by atoms with van der Waals surface area (Å²) in [5.74, 6) is 0.247. The fourth-order valence-corrected chi connectivity index (χ4v) is 4.46. The second-order valence-corrected chi connectivity index (χ2v) is 11.1. The number of hydrogen-bond acceptors (Lipinski definition) is 8. The smallest absolute Gasteiger partial charge is 0.338 e. The van der Waals surface area contributed by atoms with Crippen LogP contribution >= 0.6 is 0 Å². The molecule has 0 aliphatic carbocycles. The summed E-state index contributed by atoms with van der Waals surface area (Å²) >= 11 is 0. The molecule has 8 nitrogen and oxygen atoms in total. The molecule has 1 atom stereocenters. The van der Waals surface area contributed by atoms with Crippen molar-refractivity contribution in [1.82, 2.24) is 5.32 Å². The first-order valence-corrected chi connectivity index (χ1v) is 14.5. The second kappa shape index (κ2) is 15.4. The van der Waals surface area contributed by atoms with E-state index < -0.39 is 11.5 Å². The molecule has 8 heteroatoms. The molecule has 1 N–H and O–H groups in total. The van der Waals surface area contributed by atoms with Gasteiger partial charge >= 0.3 is 11.9 Å². The molecule has 0 radical (unpaired) electrons. The van der Waals surface area contributed by atoms with Crippen molar-refractivity contribution in [3.05, 3.63) is 95.1 Å². The third-order valence-electron chi connectivity index (χ3n) is 6.98. The van der Waals surface area contributed by atoms with Gasteiger partial charge in [0.25, 0.3) is 0 Å². The maximum atomic E-state index is 13.0. The highest BCUT2D eigenvalue weighted by Gasteiger charge is 2.27. The molecule has 3 aromatic carbocycles. The molecule has 4 rings (SSSR count). The minimum atomic E-state index is -0.418. The maximum absolute atomic E-state index is 13.0. The quantitative estimate of drug-likeness (QED) is 0.184. The van der Waals surface area contributed by atoms with Gasteiger partial charge in [0.15, 0.2) is 11.5 Å². The van der Waals surface area contributed by atoms with Crippen LogP contribution in [0.1, 0.15) is 53.7 Å². The molecule has 0 saturated carbocycles. The molecule has 1 heterocycles. The summed E-state index contributed by atoms with van der Waals surface area (Å²) in [7, 11) is 0. The van der Waals surface area contributed by atoms with Gasteiger partial charge in [0.2, 0.25) is 0 Å². The van der Waals surface area contributed by atoms with Crippen LogP contribution in [0.25, 0.3) is 0 Å². The molecule has 0 amide bonds. The zero-order valence-electron chi connectivity index (χ0n) is 24.7. The van der Waals surface area contributed by atoms with Crippen LogP contribution in [0.15, 0.2) is 72.8 Å². The highest BCUT2D eigenvalue weighted by molar-refractivity contribution is 5.92. The Balaban J connectivity index is 1.30. The lowest BCUT2D eigenvalue weighted by molar-refractivity contribution is -0.150. The standard InChI is InChI=1S/C34H41NO7/c1-25-19-30(40-21-26-11-6-4-7-12-26)31(41-22-27-13-8-5-9-14-27)20-29(25)33(37)39-17-10-16-35-34(2,3)24-42-32(36)28-15-18-38-23-28/h4-9,11-14,19-20,28,35H,10,15-18,21-24H2,1-3H3. The molecule has 1 aliphatic heterocycles. The summed E-state index contributed by atoms with van der Waals surface area (Å²) in [4.78, 5) is 25.2. The average Bonchev–Trinajstić information content (AvgIpc) is 3.54. The van der Waals surface area contributed by atoms with Crippen molar-refractivity contribution in [2.75, 3.05) is 33.0 Å². The fourth-order valence-electron chi connectivity index (χ4n) is 4.46. The fraction of sp³-hybridized carbons (Fsp3) is 0.412. The highest BCUT2D eigenvalue weighted by atomic mass is 16.5. The summed E-state index contributed by atoms with van der Waals surface area (Å²) < 4.78 is 28.6. The molecule has 1 unspecified atom stereocenters. The monoisotopic (exact) mass is 575 g/mol. The van der Waals surface area contributed by atoms with Crippen molar-refractivity contribution in [3.8, 4) is 11.5 Å². The first kappa shape index (κ1) is 31.1. The third kappa shape index (κ3) is 9.60. The van der Waals surface area contributed by atoms with Crippen molar-refractivity contribution in [2.24, 2.45) is 5.92 Å². The number of hydrogen-bond donors (Lipinski definition) is 1. The lowest BCUT2D eigenvalue weighted by atomic mass is 10.1. The van der Waals surface area contributed by atoms with E-state index in [1.165, 1.54) is 0 Å². The third-order valence-corrected chi connectivity index (χ3v) is 6.98. The number of nitrogens with one attached hydrogen (secondary N) is 1. The van der Waals surface area contributed by atoms with Gasteiger partial charge in [-0.2, -0.15) is 0 Å². The van der Waals surface area contributed by atoms with Crippen molar-refractivity contribution >= 4 is 11.9 Å². The number of benzene rings is 3. The van der Waals surface area contributed by atoms with Gasteiger partial charge in [0.1, 0.15) is 19.8 Å². The molecule has 1 saturated heterocycles. The van der Waals surface area contributed by atoms with Crippen LogP contribution in [0.4, 0.5) is 0 Å². The molecule has 1 fully saturated rings. The number of ether oxygens (including phenoxy) is 5. The Hall–Kier alpha value is -3.88. The first-order valence-electron chi connectivity index (χ1n) is 14.5. The predicted molar refractivity (Wildman–Crippen MR) is 160 cm³/mol. The molecule has 3 aromatic rings. The summed E-state index contributed by atoms with van der Waals surface area (Å²) in [6.07, 6.45) is 1.32. The van der Waals surface area contributed by atoms with E-state index in [1.807, 2.05) is 87.5 Å². The Labute approximate surface area is 248 Å². The van der Waals surface area contributed by atoms with E-state index in [9.17, 15) is 9.59 Å². The predicted octanol–water partition coefficient (Wildman–Crippen LogP) is 5.65. The zero-order chi connectivity index (χ0) is 29.8. The van der Waals surface area contributed by atoms with Gasteiger partial charge in [-0.25, -0.2) is 4.79 Å². The second-order valence-electron chi connectivity index (χ2n) is 11.1. The SMILES string of the molecule is Cc1cc(OCc2ccccc2)c(OCc2ccccc2)cc1C(=O)OCCCNC(C)(C)COC(=O)C1CCOC1. The molecule has 0 aromatic heterocycles. The van der Waals surface area contributed by atoms with E-state index in [0.29, 0.717) is 62.9 Å². The first-order chi connectivity index (χ1) is 20.3. The van der Waals surface area contributed by atoms with Crippen LogP contribution in [0.2, 0.25) is 0 Å². The van der Waals surface area contributed by atoms with Crippen molar-refractivity contribution in [2.45, 2.75) is 52.4 Å². The molecule has 224 valence electrons. The number of aryl methyl sites for hydroxylation is 1. The minimum absolute atomic E-state index is 0.169. The molecular formula is C34H41NO7. The van der Waals surface area contributed by atoms with Gasteiger partial charge in [-0.05, 0) is 69.0 Å². The van der Waals surface area contributed by atoms with E-state index in [1.54, 1.807) is 6.07 Å². The summed E-state index contributed by atoms with van der Waals surface area (Å²) in [6.45, 7) is 8.65. The maximum Gasteiger partial charge on any atom is 0.338 e. The Morgan fingerprint density at radius 3 is 2.12 bits per heavy atom. The largest absolute Gasteiger partial charge is 0.485 e. The highest BCUT2D eigenvalue weighted by Crippen LogP contribution is 2.33. The Kier molecular flexibility index (Phi) is 11.4. The van der Waals surface area contributed by atoms with Gasteiger partial charge in [-0.3, -0.25) is 4.79 Å². The van der Waals surface area contributed by atoms with E-state index >= 15 is 0 Å². The Bertz CT molecular complexity index is 1290. The van der Waals surface area contributed by atoms with Gasteiger partial charge in [-0.1, -0.05) is 60.7 Å². The van der Waals surface area contributed by atoms with Crippen molar-refractivity contribution < 1.29 is 33.3 Å². The van der Waals surface area contributed by atoms with Crippen LogP contribution < -0.4 is 14.8 Å². The summed E-state index contributed by atoms with van der Waals surface area (Å²) in [5, 5.41) is 3.37. The van der Waals surface area contributed by atoms with Gasteiger partial charge < -0.3 is 29.0 Å². The zero-order valence-corrected chi connectivity index (χ0v) is 24.7. The van der Waals surface area contributed by atoms with Gasteiger partial charge in [-0.15, -0.1) is 0 Å². The average molecular weight is 576 g/mol. The van der Waals surface area contributed by atoms with E-state index in [-0.39, 0.29) is 25.1 Å². The van der Waals surface area contributed by atoms with E-state index in [0.717, 1.165) is 16.7 Å².